The molecule has 2 aliphatic heterocycles. The van der Waals surface area contributed by atoms with Gasteiger partial charge in [-0.15, -0.1) is 0 Å². The first kappa shape index (κ1) is 17.0. The summed E-state index contributed by atoms with van der Waals surface area (Å²) in [4.78, 5) is 26.0. The molecule has 2 unspecified atom stereocenters. The second-order valence-corrected chi connectivity index (χ2v) is 7.04. The fourth-order valence-corrected chi connectivity index (χ4v) is 3.71. The Kier molecular flexibility index (Phi) is 5.51. The second kappa shape index (κ2) is 7.79. The van der Waals surface area contributed by atoms with E-state index in [9.17, 15) is 9.59 Å². The highest BCUT2D eigenvalue weighted by atomic mass is 16.2. The zero-order chi connectivity index (χ0) is 16.9. The zero-order valence-corrected chi connectivity index (χ0v) is 14.4. The van der Waals surface area contributed by atoms with Crippen molar-refractivity contribution in [1.29, 1.82) is 0 Å². The molecule has 0 aromatic heterocycles. The molecule has 0 saturated carbocycles. The minimum Gasteiger partial charge on any atom is -0.326 e. The van der Waals surface area contributed by atoms with Crippen molar-refractivity contribution >= 4 is 23.2 Å². The molecule has 2 atom stereocenters. The Labute approximate surface area is 143 Å². The number of hydrogen-bond acceptors (Lipinski definition) is 3. The lowest BCUT2D eigenvalue weighted by Gasteiger charge is -2.28. The number of piperidine rings is 1. The van der Waals surface area contributed by atoms with Crippen molar-refractivity contribution < 1.29 is 9.59 Å². The van der Waals surface area contributed by atoms with Crippen LogP contribution in [0.3, 0.4) is 0 Å². The van der Waals surface area contributed by atoms with Crippen LogP contribution in [0.15, 0.2) is 24.3 Å². The number of rotatable bonds is 5. The van der Waals surface area contributed by atoms with Gasteiger partial charge in [-0.25, -0.2) is 0 Å². The number of amides is 2. The predicted molar refractivity (Wildman–Crippen MR) is 96.0 cm³/mol. The first-order chi connectivity index (χ1) is 11.6. The number of benzene rings is 1. The van der Waals surface area contributed by atoms with E-state index in [1.54, 1.807) is 4.90 Å². The molecule has 1 aromatic rings. The smallest absolute Gasteiger partial charge is 0.227 e. The van der Waals surface area contributed by atoms with E-state index in [1.807, 2.05) is 24.3 Å². The number of hydrogen-bond donors (Lipinski definition) is 2. The highest BCUT2D eigenvalue weighted by Gasteiger charge is 2.23. The summed E-state index contributed by atoms with van der Waals surface area (Å²) in [5.41, 5.74) is 1.64. The van der Waals surface area contributed by atoms with Gasteiger partial charge < -0.3 is 15.5 Å². The standard InChI is InChI=1S/C19H27N3O2/c1-14(15-5-3-9-20-13-15)11-18(23)21-16-6-2-7-17(12-16)22-10-4-8-19(22)24/h2,6-7,12,14-15,20H,3-5,8-11,13H2,1H3,(H,21,23). The van der Waals surface area contributed by atoms with Crippen molar-refractivity contribution in [3.8, 4) is 0 Å². The van der Waals surface area contributed by atoms with Gasteiger partial charge >= 0.3 is 0 Å². The van der Waals surface area contributed by atoms with Crippen molar-refractivity contribution in [2.24, 2.45) is 11.8 Å². The second-order valence-electron chi connectivity index (χ2n) is 7.04. The monoisotopic (exact) mass is 329 g/mol. The van der Waals surface area contributed by atoms with Gasteiger partial charge in [-0.05, 0) is 62.4 Å². The van der Waals surface area contributed by atoms with Crippen molar-refractivity contribution in [3.05, 3.63) is 24.3 Å². The Balaban J connectivity index is 1.57. The maximum absolute atomic E-state index is 12.4. The average Bonchev–Trinajstić information content (AvgIpc) is 3.02. The summed E-state index contributed by atoms with van der Waals surface area (Å²) in [7, 11) is 0. The van der Waals surface area contributed by atoms with Crippen LogP contribution in [0, 0.1) is 11.8 Å². The summed E-state index contributed by atoms with van der Waals surface area (Å²) >= 11 is 0. The van der Waals surface area contributed by atoms with Gasteiger partial charge in [-0.1, -0.05) is 13.0 Å². The van der Waals surface area contributed by atoms with Crippen molar-refractivity contribution in [1.82, 2.24) is 5.32 Å². The largest absolute Gasteiger partial charge is 0.326 e. The van der Waals surface area contributed by atoms with E-state index in [1.165, 1.54) is 12.8 Å². The molecule has 5 nitrogen and oxygen atoms in total. The predicted octanol–water partition coefficient (Wildman–Crippen LogP) is 2.78. The molecule has 2 saturated heterocycles. The Morgan fingerprint density at radius 1 is 1.42 bits per heavy atom. The lowest BCUT2D eigenvalue weighted by atomic mass is 9.85. The highest BCUT2D eigenvalue weighted by molar-refractivity contribution is 5.97. The third kappa shape index (κ3) is 4.15. The Morgan fingerprint density at radius 3 is 3.00 bits per heavy atom. The summed E-state index contributed by atoms with van der Waals surface area (Å²) in [5.74, 6) is 1.18. The molecule has 5 heteroatoms. The van der Waals surface area contributed by atoms with Gasteiger partial charge in [0.25, 0.3) is 0 Å². The van der Waals surface area contributed by atoms with E-state index in [2.05, 4.69) is 17.6 Å². The lowest BCUT2D eigenvalue weighted by molar-refractivity contribution is -0.118. The lowest BCUT2D eigenvalue weighted by Crippen LogP contribution is -2.34. The van der Waals surface area contributed by atoms with Gasteiger partial charge in [0.05, 0.1) is 0 Å². The van der Waals surface area contributed by atoms with Gasteiger partial charge in [0.1, 0.15) is 0 Å². The highest BCUT2D eigenvalue weighted by Crippen LogP contribution is 2.26. The van der Waals surface area contributed by atoms with E-state index in [-0.39, 0.29) is 11.8 Å². The molecular weight excluding hydrogens is 302 g/mol. The number of anilines is 2. The summed E-state index contributed by atoms with van der Waals surface area (Å²) in [6, 6.07) is 7.60. The van der Waals surface area contributed by atoms with Gasteiger partial charge in [0.15, 0.2) is 0 Å². The molecule has 130 valence electrons. The van der Waals surface area contributed by atoms with E-state index in [0.717, 1.165) is 37.4 Å². The van der Waals surface area contributed by atoms with Gasteiger partial charge in [-0.3, -0.25) is 9.59 Å². The molecule has 2 aliphatic rings. The first-order valence-corrected chi connectivity index (χ1v) is 9.04. The Bertz CT molecular complexity index is 596. The fourth-order valence-electron chi connectivity index (χ4n) is 3.71. The topological polar surface area (TPSA) is 61.4 Å². The van der Waals surface area contributed by atoms with Crippen LogP contribution >= 0.6 is 0 Å². The normalized spacial score (nSPS) is 22.5. The molecule has 0 aliphatic carbocycles. The Morgan fingerprint density at radius 2 is 2.29 bits per heavy atom. The zero-order valence-electron chi connectivity index (χ0n) is 14.4. The molecule has 2 N–H and O–H groups in total. The van der Waals surface area contributed by atoms with Crippen molar-refractivity contribution in [2.45, 2.75) is 39.0 Å². The van der Waals surface area contributed by atoms with Crippen LogP contribution in [0.2, 0.25) is 0 Å². The third-order valence-electron chi connectivity index (χ3n) is 5.16. The third-order valence-corrected chi connectivity index (χ3v) is 5.16. The number of nitrogens with one attached hydrogen (secondary N) is 2. The van der Waals surface area contributed by atoms with Crippen molar-refractivity contribution in [3.63, 3.8) is 0 Å². The minimum absolute atomic E-state index is 0.0537. The number of nitrogens with zero attached hydrogens (tertiary/aromatic N) is 1. The molecule has 3 rings (SSSR count). The number of carbonyl (C=O) groups excluding carboxylic acids is 2. The summed E-state index contributed by atoms with van der Waals surface area (Å²) in [6.45, 7) is 5.04. The van der Waals surface area contributed by atoms with Crippen LogP contribution in [0.1, 0.15) is 39.0 Å². The van der Waals surface area contributed by atoms with Crippen LogP contribution < -0.4 is 15.5 Å². The van der Waals surface area contributed by atoms with Crippen LogP contribution in [0.25, 0.3) is 0 Å². The minimum atomic E-state index is 0.0537. The molecule has 0 spiro atoms. The number of carbonyl (C=O) groups is 2. The maximum Gasteiger partial charge on any atom is 0.227 e. The maximum atomic E-state index is 12.4. The van der Waals surface area contributed by atoms with Crippen LogP contribution in [0.4, 0.5) is 11.4 Å². The fraction of sp³-hybridized carbons (Fsp3) is 0.579. The summed E-state index contributed by atoms with van der Waals surface area (Å²) < 4.78 is 0. The molecular formula is C19H27N3O2. The van der Waals surface area contributed by atoms with Crippen LogP contribution in [-0.4, -0.2) is 31.4 Å². The average molecular weight is 329 g/mol. The van der Waals surface area contributed by atoms with Crippen molar-refractivity contribution in [2.75, 3.05) is 29.9 Å². The van der Waals surface area contributed by atoms with Gasteiger partial charge in [0, 0.05) is 30.8 Å². The molecule has 2 heterocycles. The van der Waals surface area contributed by atoms with Gasteiger partial charge in [-0.2, -0.15) is 0 Å². The molecule has 0 bridgehead atoms. The summed E-state index contributed by atoms with van der Waals surface area (Å²) in [6.07, 6.45) is 4.46. The molecule has 1 aromatic carbocycles. The Hall–Kier alpha value is -1.88. The van der Waals surface area contributed by atoms with E-state index in [4.69, 9.17) is 0 Å². The molecule has 2 amide bonds. The first-order valence-electron chi connectivity index (χ1n) is 9.04. The van der Waals surface area contributed by atoms with E-state index >= 15 is 0 Å². The van der Waals surface area contributed by atoms with E-state index in [0.29, 0.717) is 24.7 Å². The van der Waals surface area contributed by atoms with Gasteiger partial charge in [0.2, 0.25) is 11.8 Å². The quantitative estimate of drug-likeness (QED) is 0.873. The molecule has 2 fully saturated rings. The summed E-state index contributed by atoms with van der Waals surface area (Å²) in [5, 5.41) is 6.41. The van der Waals surface area contributed by atoms with Crippen LogP contribution in [-0.2, 0) is 9.59 Å². The SMILES string of the molecule is CC(CC(=O)Nc1cccc(N2CCCC2=O)c1)C1CCCNC1. The molecule has 24 heavy (non-hydrogen) atoms. The van der Waals surface area contributed by atoms with Crippen LogP contribution in [0.5, 0.6) is 0 Å². The molecule has 0 radical (unpaired) electrons. The van der Waals surface area contributed by atoms with E-state index < -0.39 is 0 Å².